The van der Waals surface area contributed by atoms with Crippen LogP contribution in [0.25, 0.3) is 5.78 Å². The van der Waals surface area contributed by atoms with Gasteiger partial charge in [0.25, 0.3) is 5.56 Å². The molecule has 10 heteroatoms. The standard InChI is InChI=1S/C24H26BrN7O2/c1-3-4-5-11-31-22-17(14-18(25)26-22)23(33)32-20(28-29-24(31)32)9-10-21-27-19(30-34-21)13-16-8-6-7-15(2)12-16/h6-8,12H,3-5,9-11,13-14H2,1-2H3. The molecule has 3 aromatic heterocycles. The van der Waals surface area contributed by atoms with Crippen LogP contribution in [-0.2, 0) is 32.2 Å². The van der Waals surface area contributed by atoms with Crippen LogP contribution >= 0.6 is 15.9 Å². The maximum absolute atomic E-state index is 13.3. The third kappa shape index (κ3) is 4.46. The van der Waals surface area contributed by atoms with Crippen LogP contribution in [-0.4, -0.2) is 33.9 Å². The molecular weight excluding hydrogens is 498 g/mol. The molecule has 0 amide bonds. The second-order valence-corrected chi connectivity index (χ2v) is 9.57. The zero-order valence-corrected chi connectivity index (χ0v) is 20.9. The summed E-state index contributed by atoms with van der Waals surface area (Å²) in [4.78, 5) is 22.4. The molecule has 0 N–H and O–H groups in total. The fourth-order valence-electron chi connectivity index (χ4n) is 4.34. The van der Waals surface area contributed by atoms with Crippen LogP contribution in [0.5, 0.6) is 0 Å². The predicted molar refractivity (Wildman–Crippen MR) is 132 cm³/mol. The van der Waals surface area contributed by atoms with Crippen LogP contribution in [0.2, 0.25) is 0 Å². The minimum Gasteiger partial charge on any atom is -0.339 e. The molecule has 4 aromatic rings. The number of nitrogens with zero attached hydrogens (tertiary/aromatic N) is 7. The van der Waals surface area contributed by atoms with Crippen LogP contribution in [0.4, 0.5) is 5.82 Å². The summed E-state index contributed by atoms with van der Waals surface area (Å²) in [5, 5.41) is 12.8. The van der Waals surface area contributed by atoms with Crippen LogP contribution in [0, 0.1) is 6.92 Å². The summed E-state index contributed by atoms with van der Waals surface area (Å²) in [6, 6.07) is 8.26. The lowest BCUT2D eigenvalue weighted by Crippen LogP contribution is -2.24. The van der Waals surface area contributed by atoms with Gasteiger partial charge in [0, 0.05) is 32.2 Å². The Morgan fingerprint density at radius 1 is 1.18 bits per heavy atom. The largest absolute Gasteiger partial charge is 0.339 e. The Hall–Kier alpha value is -3.14. The molecule has 9 nitrogen and oxygen atoms in total. The van der Waals surface area contributed by atoms with E-state index in [1.807, 2.05) is 10.6 Å². The van der Waals surface area contributed by atoms with E-state index in [-0.39, 0.29) is 5.56 Å². The number of aromatic nitrogens is 6. The van der Waals surface area contributed by atoms with Gasteiger partial charge in [0.05, 0.1) is 10.2 Å². The molecule has 1 aliphatic heterocycles. The lowest BCUT2D eigenvalue weighted by molar-refractivity contribution is 0.373. The Kier molecular flexibility index (Phi) is 6.40. The monoisotopic (exact) mass is 523 g/mol. The van der Waals surface area contributed by atoms with E-state index in [1.165, 1.54) is 5.56 Å². The SMILES string of the molecule is CCCCCn1c2c(c(=O)n3c(CCc4nc(Cc5cccc(C)c5)no4)nnc13)CC(Br)=N2. The summed E-state index contributed by atoms with van der Waals surface area (Å²) >= 11 is 3.46. The lowest BCUT2D eigenvalue weighted by atomic mass is 10.1. The average Bonchev–Trinajstić information content (AvgIpc) is 3.53. The molecule has 176 valence electrons. The smallest absolute Gasteiger partial charge is 0.266 e. The van der Waals surface area contributed by atoms with Crippen LogP contribution in [0.15, 0.2) is 38.6 Å². The first-order valence-electron chi connectivity index (χ1n) is 11.6. The fraction of sp³-hybridized carbons (Fsp3) is 0.417. The van der Waals surface area contributed by atoms with Crippen LogP contribution in [0.3, 0.4) is 0 Å². The van der Waals surface area contributed by atoms with Gasteiger partial charge in [-0.15, -0.1) is 10.2 Å². The average molecular weight is 524 g/mol. The van der Waals surface area contributed by atoms with Crippen LogP contribution in [0.1, 0.15) is 60.4 Å². The van der Waals surface area contributed by atoms with Gasteiger partial charge < -0.3 is 4.52 Å². The first-order chi connectivity index (χ1) is 16.5. The van der Waals surface area contributed by atoms with Crippen molar-refractivity contribution in [1.82, 2.24) is 29.3 Å². The Balaban J connectivity index is 1.38. The van der Waals surface area contributed by atoms with Crippen molar-refractivity contribution in [2.24, 2.45) is 4.99 Å². The van der Waals surface area contributed by atoms with Gasteiger partial charge in [0.2, 0.25) is 11.7 Å². The van der Waals surface area contributed by atoms with E-state index >= 15 is 0 Å². The zero-order valence-electron chi connectivity index (χ0n) is 19.3. The van der Waals surface area contributed by atoms with E-state index in [0.29, 0.717) is 60.4 Å². The number of rotatable bonds is 9. The molecule has 1 aliphatic rings. The molecule has 0 saturated heterocycles. The third-order valence-corrected chi connectivity index (χ3v) is 6.45. The van der Waals surface area contributed by atoms with Crippen LogP contribution < -0.4 is 5.56 Å². The number of unbranched alkanes of at least 4 members (excludes halogenated alkanes) is 2. The van der Waals surface area contributed by atoms with Crippen molar-refractivity contribution in [3.8, 4) is 0 Å². The highest BCUT2D eigenvalue weighted by molar-refractivity contribution is 9.18. The number of hydrogen-bond donors (Lipinski definition) is 0. The molecule has 34 heavy (non-hydrogen) atoms. The maximum Gasteiger partial charge on any atom is 0.266 e. The van der Waals surface area contributed by atoms with Gasteiger partial charge in [0.1, 0.15) is 11.6 Å². The molecule has 0 atom stereocenters. The molecule has 0 unspecified atom stereocenters. The van der Waals surface area contributed by atoms with Gasteiger partial charge in [-0.2, -0.15) is 4.98 Å². The summed E-state index contributed by atoms with van der Waals surface area (Å²) in [5.41, 5.74) is 2.90. The van der Waals surface area contributed by atoms with Gasteiger partial charge >= 0.3 is 0 Å². The molecule has 0 radical (unpaired) electrons. The van der Waals surface area contributed by atoms with Crippen molar-refractivity contribution in [2.75, 3.05) is 0 Å². The molecular formula is C24H26BrN7O2. The van der Waals surface area contributed by atoms with Gasteiger partial charge in [0.15, 0.2) is 5.82 Å². The Bertz CT molecular complexity index is 1430. The molecule has 0 fully saturated rings. The van der Waals surface area contributed by atoms with E-state index < -0.39 is 0 Å². The normalized spacial score (nSPS) is 13.0. The second kappa shape index (κ2) is 9.61. The predicted octanol–water partition coefficient (Wildman–Crippen LogP) is 4.13. The number of aliphatic imine (C=N–C) groups is 1. The maximum atomic E-state index is 13.3. The molecule has 0 saturated carbocycles. The Labute approximate surface area is 205 Å². The summed E-state index contributed by atoms with van der Waals surface area (Å²) in [6.45, 7) is 4.97. The summed E-state index contributed by atoms with van der Waals surface area (Å²) in [5.74, 6) is 2.98. The minimum absolute atomic E-state index is 0.111. The van der Waals surface area contributed by atoms with Gasteiger partial charge in [-0.05, 0) is 34.8 Å². The number of hydrogen-bond acceptors (Lipinski definition) is 7. The lowest BCUT2D eigenvalue weighted by Gasteiger charge is -2.12. The van der Waals surface area contributed by atoms with Crippen molar-refractivity contribution in [1.29, 1.82) is 0 Å². The first-order valence-corrected chi connectivity index (χ1v) is 12.4. The van der Waals surface area contributed by atoms with Crippen molar-refractivity contribution < 1.29 is 4.52 Å². The highest BCUT2D eigenvalue weighted by Crippen LogP contribution is 2.28. The summed E-state index contributed by atoms with van der Waals surface area (Å²) in [7, 11) is 0. The Morgan fingerprint density at radius 3 is 2.88 bits per heavy atom. The number of fused-ring (bicyclic) bond motifs is 2. The quantitative estimate of drug-likeness (QED) is 0.305. The molecule has 0 bridgehead atoms. The molecule has 0 spiro atoms. The second-order valence-electron chi connectivity index (χ2n) is 8.65. The van der Waals surface area contributed by atoms with Crippen molar-refractivity contribution >= 4 is 32.1 Å². The zero-order chi connectivity index (χ0) is 23.7. The molecule has 5 rings (SSSR count). The third-order valence-electron chi connectivity index (χ3n) is 5.99. The van der Waals surface area contributed by atoms with E-state index in [2.05, 4.69) is 73.3 Å². The Morgan fingerprint density at radius 2 is 2.06 bits per heavy atom. The molecule has 4 heterocycles. The van der Waals surface area contributed by atoms with Crippen molar-refractivity contribution in [3.63, 3.8) is 0 Å². The van der Waals surface area contributed by atoms with Gasteiger partial charge in [-0.3, -0.25) is 9.36 Å². The fourth-order valence-corrected chi connectivity index (χ4v) is 4.78. The van der Waals surface area contributed by atoms with Gasteiger partial charge in [-0.25, -0.2) is 9.39 Å². The minimum atomic E-state index is -0.111. The molecule has 1 aromatic carbocycles. The van der Waals surface area contributed by atoms with E-state index in [0.717, 1.165) is 36.0 Å². The number of halogens is 1. The topological polar surface area (TPSA) is 103 Å². The summed E-state index contributed by atoms with van der Waals surface area (Å²) in [6.07, 6.45) is 5.25. The summed E-state index contributed by atoms with van der Waals surface area (Å²) < 4.78 is 9.86. The highest BCUT2D eigenvalue weighted by atomic mass is 79.9. The number of benzene rings is 1. The van der Waals surface area contributed by atoms with E-state index in [1.54, 1.807) is 4.40 Å². The van der Waals surface area contributed by atoms with Gasteiger partial charge in [-0.1, -0.05) is 54.8 Å². The number of aryl methyl sites for hydroxylation is 4. The van der Waals surface area contributed by atoms with Crippen molar-refractivity contribution in [3.05, 3.63) is 68.8 Å². The first kappa shape index (κ1) is 22.6. The van der Waals surface area contributed by atoms with E-state index in [9.17, 15) is 4.79 Å². The van der Waals surface area contributed by atoms with Crippen molar-refractivity contribution in [2.45, 2.75) is 65.3 Å². The highest BCUT2D eigenvalue weighted by Gasteiger charge is 2.25. The molecule has 0 aliphatic carbocycles. The van der Waals surface area contributed by atoms with E-state index in [4.69, 9.17) is 4.52 Å².